The third-order valence-corrected chi connectivity index (χ3v) is 1.89. The number of nitrogens with one attached hydrogen (secondary N) is 1. The summed E-state index contributed by atoms with van der Waals surface area (Å²) in [5.41, 5.74) is 0. The van der Waals surface area contributed by atoms with Crippen LogP contribution in [0, 0.1) is 0 Å². The Morgan fingerprint density at radius 1 is 1.50 bits per heavy atom. The van der Waals surface area contributed by atoms with Crippen LogP contribution in [-0.4, -0.2) is 35.8 Å². The summed E-state index contributed by atoms with van der Waals surface area (Å²) in [6.07, 6.45) is 2.05. The summed E-state index contributed by atoms with van der Waals surface area (Å²) in [4.78, 5) is 0. The van der Waals surface area contributed by atoms with Crippen molar-refractivity contribution in [1.82, 2.24) is 5.32 Å². The molecule has 0 amide bonds. The zero-order valence-corrected chi connectivity index (χ0v) is 7.74. The van der Waals surface area contributed by atoms with Gasteiger partial charge in [-0.3, -0.25) is 0 Å². The Balaban J connectivity index is 3.39. The van der Waals surface area contributed by atoms with Gasteiger partial charge in [-0.25, -0.2) is 0 Å². The van der Waals surface area contributed by atoms with Crippen LogP contribution in [0.2, 0.25) is 0 Å². The molecule has 0 aliphatic heterocycles. The summed E-state index contributed by atoms with van der Waals surface area (Å²) in [5.74, 6) is 0.981. The summed E-state index contributed by atoms with van der Waals surface area (Å²) in [5, 5.41) is 12.1. The third-order valence-electron chi connectivity index (χ3n) is 1.16. The van der Waals surface area contributed by atoms with Crippen molar-refractivity contribution < 1.29 is 5.11 Å². The van der Waals surface area contributed by atoms with E-state index >= 15 is 0 Å². The minimum Gasteiger partial charge on any atom is -0.395 e. The molecule has 0 aromatic rings. The number of hydrogen-bond acceptors (Lipinski definition) is 3. The summed E-state index contributed by atoms with van der Waals surface area (Å²) in [7, 11) is 0. The van der Waals surface area contributed by atoms with Crippen LogP contribution < -0.4 is 5.32 Å². The van der Waals surface area contributed by atoms with Crippen molar-refractivity contribution in [3.05, 3.63) is 0 Å². The minimum atomic E-state index is 0.235. The van der Waals surface area contributed by atoms with E-state index in [1.807, 2.05) is 6.26 Å². The molecule has 10 heavy (non-hydrogen) atoms. The molecule has 0 fully saturated rings. The van der Waals surface area contributed by atoms with Crippen LogP contribution in [0.3, 0.4) is 0 Å². The number of aliphatic hydroxyl groups excluding tert-OH is 1. The molecule has 0 radical (unpaired) electrons. The van der Waals surface area contributed by atoms with E-state index in [4.69, 9.17) is 5.11 Å². The number of hydrogen-bond donors (Lipinski definition) is 2. The fraction of sp³-hybridized carbons (Fsp3) is 1.00. The van der Waals surface area contributed by atoms with Crippen LogP contribution in [-0.2, 0) is 0 Å². The predicted molar refractivity (Wildman–Crippen MR) is 47.5 cm³/mol. The molecule has 2 N–H and O–H groups in total. The van der Waals surface area contributed by atoms with Crippen LogP contribution >= 0.6 is 11.8 Å². The van der Waals surface area contributed by atoms with E-state index < -0.39 is 0 Å². The predicted octanol–water partition coefficient (Wildman–Crippen LogP) is 0.708. The Labute approximate surface area is 67.4 Å². The Hall–Kier alpha value is 0.270. The van der Waals surface area contributed by atoms with Gasteiger partial charge in [-0.2, -0.15) is 11.8 Å². The quantitative estimate of drug-likeness (QED) is 0.626. The monoisotopic (exact) mass is 163 g/mol. The Bertz CT molecular complexity index is 78.0. The zero-order valence-electron chi connectivity index (χ0n) is 6.92. The van der Waals surface area contributed by atoms with Crippen LogP contribution in [0.4, 0.5) is 0 Å². The fourth-order valence-corrected chi connectivity index (χ4v) is 1.43. The fourth-order valence-electron chi connectivity index (χ4n) is 0.826. The van der Waals surface area contributed by atoms with E-state index in [0.29, 0.717) is 6.04 Å². The van der Waals surface area contributed by atoms with E-state index in [1.54, 1.807) is 11.8 Å². The SMILES string of the molecule is CSCC(CO)NC(C)C. The van der Waals surface area contributed by atoms with Crippen LogP contribution in [0.1, 0.15) is 13.8 Å². The van der Waals surface area contributed by atoms with Crippen molar-refractivity contribution in [3.8, 4) is 0 Å². The van der Waals surface area contributed by atoms with Gasteiger partial charge in [0.2, 0.25) is 0 Å². The maximum Gasteiger partial charge on any atom is 0.0592 e. The smallest absolute Gasteiger partial charge is 0.0592 e. The molecule has 2 nitrogen and oxygen atoms in total. The Morgan fingerprint density at radius 3 is 2.40 bits per heavy atom. The highest BCUT2D eigenvalue weighted by Crippen LogP contribution is 1.97. The molecule has 0 aliphatic carbocycles. The lowest BCUT2D eigenvalue weighted by Crippen LogP contribution is -2.39. The van der Waals surface area contributed by atoms with Gasteiger partial charge in [0, 0.05) is 17.8 Å². The molecule has 1 atom stereocenters. The van der Waals surface area contributed by atoms with Crippen molar-refractivity contribution in [3.63, 3.8) is 0 Å². The van der Waals surface area contributed by atoms with Gasteiger partial charge in [-0.05, 0) is 6.26 Å². The largest absolute Gasteiger partial charge is 0.395 e. The maximum atomic E-state index is 8.83. The highest BCUT2D eigenvalue weighted by atomic mass is 32.2. The standard InChI is InChI=1S/C7H17NOS/c1-6(2)8-7(4-9)5-10-3/h6-9H,4-5H2,1-3H3. The second-order valence-electron chi connectivity index (χ2n) is 2.66. The summed E-state index contributed by atoms with van der Waals surface area (Å²) in [6.45, 7) is 4.41. The van der Waals surface area contributed by atoms with E-state index in [0.717, 1.165) is 5.75 Å². The molecule has 0 aliphatic rings. The van der Waals surface area contributed by atoms with Crippen LogP contribution in [0.25, 0.3) is 0 Å². The minimum absolute atomic E-state index is 0.235. The first-order chi connectivity index (χ1) is 4.70. The molecular formula is C7H17NOS. The molecule has 0 saturated heterocycles. The third kappa shape index (κ3) is 5.09. The van der Waals surface area contributed by atoms with Gasteiger partial charge >= 0.3 is 0 Å². The Kier molecular flexibility index (Phi) is 6.17. The van der Waals surface area contributed by atoms with E-state index in [-0.39, 0.29) is 12.6 Å². The number of aliphatic hydroxyl groups is 1. The average molecular weight is 163 g/mol. The van der Waals surface area contributed by atoms with E-state index in [1.165, 1.54) is 0 Å². The number of thioether (sulfide) groups is 1. The first kappa shape index (κ1) is 10.3. The van der Waals surface area contributed by atoms with Gasteiger partial charge in [0.25, 0.3) is 0 Å². The van der Waals surface area contributed by atoms with Crippen LogP contribution in [0.5, 0.6) is 0 Å². The molecule has 0 saturated carbocycles. The summed E-state index contributed by atoms with van der Waals surface area (Å²) in [6, 6.07) is 0.722. The molecule has 0 bridgehead atoms. The summed E-state index contributed by atoms with van der Waals surface area (Å²) >= 11 is 1.75. The molecule has 3 heteroatoms. The van der Waals surface area contributed by atoms with Gasteiger partial charge in [0.05, 0.1) is 6.61 Å². The zero-order chi connectivity index (χ0) is 7.98. The number of rotatable bonds is 5. The molecule has 0 spiro atoms. The van der Waals surface area contributed by atoms with Gasteiger partial charge in [-0.1, -0.05) is 13.8 Å². The molecular weight excluding hydrogens is 146 g/mol. The molecule has 0 rings (SSSR count). The molecule has 62 valence electrons. The lowest BCUT2D eigenvalue weighted by molar-refractivity contribution is 0.247. The van der Waals surface area contributed by atoms with Gasteiger partial charge in [0.1, 0.15) is 0 Å². The highest BCUT2D eigenvalue weighted by Gasteiger charge is 2.05. The Morgan fingerprint density at radius 2 is 2.10 bits per heavy atom. The topological polar surface area (TPSA) is 32.3 Å². The molecule has 0 aromatic heterocycles. The highest BCUT2D eigenvalue weighted by molar-refractivity contribution is 7.98. The summed E-state index contributed by atoms with van der Waals surface area (Å²) < 4.78 is 0. The van der Waals surface area contributed by atoms with E-state index in [9.17, 15) is 0 Å². The molecule has 0 aromatic carbocycles. The van der Waals surface area contributed by atoms with Crippen molar-refractivity contribution in [2.75, 3.05) is 18.6 Å². The van der Waals surface area contributed by atoms with Crippen molar-refractivity contribution in [1.29, 1.82) is 0 Å². The maximum absolute atomic E-state index is 8.83. The first-order valence-electron chi connectivity index (χ1n) is 3.56. The van der Waals surface area contributed by atoms with Crippen molar-refractivity contribution >= 4 is 11.8 Å². The first-order valence-corrected chi connectivity index (χ1v) is 4.96. The van der Waals surface area contributed by atoms with Crippen molar-refractivity contribution in [2.24, 2.45) is 0 Å². The van der Waals surface area contributed by atoms with Gasteiger partial charge < -0.3 is 10.4 Å². The average Bonchev–Trinajstić information content (AvgIpc) is 1.86. The lowest BCUT2D eigenvalue weighted by atomic mass is 10.3. The van der Waals surface area contributed by atoms with Crippen LogP contribution in [0.15, 0.2) is 0 Å². The second-order valence-corrected chi connectivity index (χ2v) is 3.57. The van der Waals surface area contributed by atoms with E-state index in [2.05, 4.69) is 19.2 Å². The lowest BCUT2D eigenvalue weighted by Gasteiger charge is -2.17. The molecule has 1 unspecified atom stereocenters. The normalized spacial score (nSPS) is 14.1. The molecule has 0 heterocycles. The van der Waals surface area contributed by atoms with Gasteiger partial charge in [0.15, 0.2) is 0 Å². The second kappa shape index (κ2) is 6.01. The van der Waals surface area contributed by atoms with Gasteiger partial charge in [-0.15, -0.1) is 0 Å². The van der Waals surface area contributed by atoms with Crippen molar-refractivity contribution in [2.45, 2.75) is 25.9 Å².